The number of sulfonamides is 1. The van der Waals surface area contributed by atoms with Gasteiger partial charge in [0.2, 0.25) is 15.9 Å². The second-order valence-electron chi connectivity index (χ2n) is 8.56. The number of amides is 1. The van der Waals surface area contributed by atoms with Gasteiger partial charge in [-0.2, -0.15) is 4.31 Å². The summed E-state index contributed by atoms with van der Waals surface area (Å²) in [7, 11) is -3.80. The van der Waals surface area contributed by atoms with Crippen molar-refractivity contribution in [3.8, 4) is 5.75 Å². The zero-order valence-electron chi connectivity index (χ0n) is 17.6. The van der Waals surface area contributed by atoms with Gasteiger partial charge in [-0.05, 0) is 87.6 Å². The number of hydrogen-bond acceptors (Lipinski definition) is 4. The highest BCUT2D eigenvalue weighted by atomic mass is 32.2. The van der Waals surface area contributed by atoms with E-state index < -0.39 is 27.8 Å². The molecule has 166 valence electrons. The monoisotopic (exact) mass is 446 g/mol. The molecule has 1 aliphatic carbocycles. The molecular formula is C23H27FN2O4S. The molecule has 2 heterocycles. The molecule has 0 aromatic heterocycles. The molecule has 5 rings (SSSR count). The number of anilines is 1. The first-order valence-electron chi connectivity index (χ1n) is 10.6. The number of nitrogens with zero attached hydrogens (tertiary/aromatic N) is 1. The fourth-order valence-corrected chi connectivity index (χ4v) is 6.33. The number of carbonyl (C=O) groups is 1. The Morgan fingerprint density at radius 1 is 1.10 bits per heavy atom. The van der Waals surface area contributed by atoms with E-state index in [1.54, 1.807) is 24.3 Å². The van der Waals surface area contributed by atoms with Crippen molar-refractivity contribution in [2.75, 3.05) is 11.9 Å². The van der Waals surface area contributed by atoms with Crippen LogP contribution in [0.15, 0.2) is 53.4 Å². The summed E-state index contributed by atoms with van der Waals surface area (Å²) in [5, 5.41) is 2.93. The van der Waals surface area contributed by atoms with Crippen LogP contribution >= 0.6 is 0 Å². The quantitative estimate of drug-likeness (QED) is 0.727. The first-order chi connectivity index (χ1) is 14.7. The van der Waals surface area contributed by atoms with Crippen molar-refractivity contribution in [3.63, 3.8) is 0 Å². The standard InChI is InChI=1S/C23H27FN2O4S/c1-15(2)30-19-8-6-18(7-9-19)25-23(27)21-13-16-3-12-22(21)26(14-16)31(28,29)20-10-4-17(24)5-11-20/h4-11,15-16,21-22H,3,12-14H2,1-2H3,(H,25,27)/t16-,21-,22-/m1/s1. The summed E-state index contributed by atoms with van der Waals surface area (Å²) in [6.07, 6.45) is 2.28. The van der Waals surface area contributed by atoms with Crippen LogP contribution in [0.2, 0.25) is 0 Å². The maximum atomic E-state index is 13.3. The fourth-order valence-electron chi connectivity index (χ4n) is 4.57. The number of piperidine rings is 2. The first kappa shape index (κ1) is 21.8. The Bertz CT molecular complexity index is 1040. The van der Waals surface area contributed by atoms with E-state index in [0.29, 0.717) is 25.1 Å². The van der Waals surface area contributed by atoms with Crippen molar-refractivity contribution >= 4 is 21.6 Å². The molecule has 0 unspecified atom stereocenters. The van der Waals surface area contributed by atoms with E-state index in [1.807, 2.05) is 13.8 Å². The lowest BCUT2D eigenvalue weighted by molar-refractivity contribution is -0.125. The van der Waals surface area contributed by atoms with Gasteiger partial charge in [-0.1, -0.05) is 0 Å². The van der Waals surface area contributed by atoms with Gasteiger partial charge in [-0.15, -0.1) is 0 Å². The summed E-state index contributed by atoms with van der Waals surface area (Å²) in [4.78, 5) is 13.1. The number of rotatable bonds is 6. The molecule has 2 bridgehead atoms. The van der Waals surface area contributed by atoms with Crippen LogP contribution in [0.5, 0.6) is 5.75 Å². The molecule has 2 saturated heterocycles. The Hall–Kier alpha value is -2.45. The number of ether oxygens (including phenoxy) is 1. The van der Waals surface area contributed by atoms with Gasteiger partial charge in [0.15, 0.2) is 0 Å². The number of hydrogen-bond donors (Lipinski definition) is 1. The minimum atomic E-state index is -3.80. The van der Waals surface area contributed by atoms with Crippen LogP contribution in [-0.4, -0.2) is 37.3 Å². The Morgan fingerprint density at radius 3 is 2.39 bits per heavy atom. The van der Waals surface area contributed by atoms with Gasteiger partial charge in [-0.25, -0.2) is 12.8 Å². The molecule has 1 amide bonds. The van der Waals surface area contributed by atoms with Gasteiger partial charge in [0.05, 0.1) is 16.9 Å². The van der Waals surface area contributed by atoms with E-state index in [2.05, 4.69) is 5.32 Å². The first-order valence-corrected chi connectivity index (χ1v) is 12.0. The molecule has 2 aliphatic heterocycles. The van der Waals surface area contributed by atoms with E-state index in [0.717, 1.165) is 24.3 Å². The molecule has 3 atom stereocenters. The van der Waals surface area contributed by atoms with Crippen molar-refractivity contribution in [3.05, 3.63) is 54.3 Å². The summed E-state index contributed by atoms with van der Waals surface area (Å²) < 4.78 is 46.7. The lowest BCUT2D eigenvalue weighted by Gasteiger charge is -2.48. The number of fused-ring (bicyclic) bond motifs is 3. The second-order valence-corrected chi connectivity index (χ2v) is 10.5. The minimum Gasteiger partial charge on any atom is -0.491 e. The third-order valence-corrected chi connectivity index (χ3v) is 7.89. The van der Waals surface area contributed by atoms with E-state index in [4.69, 9.17) is 4.74 Å². The van der Waals surface area contributed by atoms with Crippen molar-refractivity contribution in [1.29, 1.82) is 0 Å². The molecule has 0 spiro atoms. The molecular weight excluding hydrogens is 419 g/mol. The van der Waals surface area contributed by atoms with Gasteiger partial charge in [0.1, 0.15) is 11.6 Å². The van der Waals surface area contributed by atoms with Crippen molar-refractivity contribution in [2.45, 2.75) is 50.2 Å². The zero-order chi connectivity index (χ0) is 22.2. The smallest absolute Gasteiger partial charge is 0.243 e. The van der Waals surface area contributed by atoms with Gasteiger partial charge >= 0.3 is 0 Å². The summed E-state index contributed by atoms with van der Waals surface area (Å²) >= 11 is 0. The van der Waals surface area contributed by atoms with Crippen LogP contribution in [0.25, 0.3) is 0 Å². The number of halogens is 1. The van der Waals surface area contributed by atoms with Crippen molar-refractivity contribution in [2.24, 2.45) is 11.8 Å². The Balaban J connectivity index is 1.50. The zero-order valence-corrected chi connectivity index (χ0v) is 18.4. The van der Waals surface area contributed by atoms with Crippen LogP contribution in [0, 0.1) is 17.7 Å². The largest absolute Gasteiger partial charge is 0.491 e. The van der Waals surface area contributed by atoms with E-state index >= 15 is 0 Å². The number of carbonyl (C=O) groups excluding carboxylic acids is 1. The highest BCUT2D eigenvalue weighted by Gasteiger charge is 2.48. The molecule has 31 heavy (non-hydrogen) atoms. The average Bonchev–Trinajstić information content (AvgIpc) is 2.75. The predicted octanol–water partition coefficient (Wildman–Crippen LogP) is 4.04. The molecule has 1 saturated carbocycles. The van der Waals surface area contributed by atoms with E-state index in [1.165, 1.54) is 16.4 Å². The summed E-state index contributed by atoms with van der Waals surface area (Å²) in [6, 6.07) is 11.6. The van der Waals surface area contributed by atoms with Crippen LogP contribution < -0.4 is 10.1 Å². The minimum absolute atomic E-state index is 0.0568. The average molecular weight is 447 g/mol. The van der Waals surface area contributed by atoms with E-state index in [-0.39, 0.29) is 22.8 Å². The second kappa shape index (κ2) is 8.59. The van der Waals surface area contributed by atoms with Crippen molar-refractivity contribution < 1.29 is 22.3 Å². The summed E-state index contributed by atoms with van der Waals surface area (Å²) in [6.45, 7) is 4.29. The molecule has 8 heteroatoms. The molecule has 6 nitrogen and oxygen atoms in total. The summed E-state index contributed by atoms with van der Waals surface area (Å²) in [5.41, 5.74) is 0.649. The molecule has 3 fully saturated rings. The maximum absolute atomic E-state index is 13.3. The van der Waals surface area contributed by atoms with Crippen molar-refractivity contribution in [1.82, 2.24) is 4.31 Å². The lowest BCUT2D eigenvalue weighted by atomic mass is 9.73. The SMILES string of the molecule is CC(C)Oc1ccc(NC(=O)[C@@H]2C[C@H]3CC[C@H]2N(S(=O)(=O)c2ccc(F)cc2)C3)cc1. The molecule has 2 aromatic rings. The molecule has 2 aromatic carbocycles. The molecule has 1 N–H and O–H groups in total. The molecule has 3 aliphatic rings. The topological polar surface area (TPSA) is 75.7 Å². The Labute approximate surface area is 182 Å². The maximum Gasteiger partial charge on any atom is 0.243 e. The third kappa shape index (κ3) is 4.60. The number of benzene rings is 2. The van der Waals surface area contributed by atoms with Crippen LogP contribution in [-0.2, 0) is 14.8 Å². The van der Waals surface area contributed by atoms with Crippen LogP contribution in [0.1, 0.15) is 33.1 Å². The predicted molar refractivity (Wildman–Crippen MR) is 116 cm³/mol. The van der Waals surface area contributed by atoms with Gasteiger partial charge in [-0.3, -0.25) is 4.79 Å². The fraction of sp³-hybridized carbons (Fsp3) is 0.435. The number of nitrogens with one attached hydrogen (secondary N) is 1. The Kier molecular flexibility index (Phi) is 6.03. The van der Waals surface area contributed by atoms with Crippen LogP contribution in [0.4, 0.5) is 10.1 Å². The highest BCUT2D eigenvalue weighted by molar-refractivity contribution is 7.89. The van der Waals surface area contributed by atoms with Gasteiger partial charge < -0.3 is 10.1 Å². The summed E-state index contributed by atoms with van der Waals surface area (Å²) in [5.74, 6) is -0.221. The normalized spacial score (nSPS) is 23.7. The van der Waals surface area contributed by atoms with E-state index in [9.17, 15) is 17.6 Å². The lowest BCUT2D eigenvalue weighted by Crippen LogP contribution is -2.57. The Morgan fingerprint density at radius 2 is 1.77 bits per heavy atom. The highest BCUT2D eigenvalue weighted by Crippen LogP contribution is 2.42. The molecule has 0 radical (unpaired) electrons. The van der Waals surface area contributed by atoms with Gasteiger partial charge in [0.25, 0.3) is 0 Å². The van der Waals surface area contributed by atoms with Crippen LogP contribution in [0.3, 0.4) is 0 Å². The van der Waals surface area contributed by atoms with Gasteiger partial charge in [0, 0.05) is 18.3 Å². The third-order valence-electron chi connectivity index (χ3n) is 5.98.